The van der Waals surface area contributed by atoms with Crippen LogP contribution in [-0.2, 0) is 9.59 Å². The van der Waals surface area contributed by atoms with Crippen molar-refractivity contribution in [1.29, 1.82) is 0 Å². The molecule has 3 atom stereocenters. The Morgan fingerprint density at radius 2 is 1.97 bits per heavy atom. The van der Waals surface area contributed by atoms with E-state index in [2.05, 4.69) is 10.1 Å². The highest BCUT2D eigenvalue weighted by Crippen LogP contribution is 2.37. The first-order valence-corrected chi connectivity index (χ1v) is 10.9. The fourth-order valence-corrected chi connectivity index (χ4v) is 4.55. The number of carbonyl (C=O) groups excluding carboxylic acids is 2. The minimum absolute atomic E-state index is 0.0128. The predicted octanol–water partition coefficient (Wildman–Crippen LogP) is 2.40. The maximum Gasteiger partial charge on any atom is 0.573 e. The molecule has 0 aliphatic carbocycles. The van der Waals surface area contributed by atoms with Crippen molar-refractivity contribution >= 4 is 23.2 Å². The summed E-state index contributed by atoms with van der Waals surface area (Å²) < 4.78 is 41.3. The molecule has 0 spiro atoms. The van der Waals surface area contributed by atoms with Gasteiger partial charge in [-0.3, -0.25) is 9.59 Å². The summed E-state index contributed by atoms with van der Waals surface area (Å²) in [5.74, 6) is -1.51. The van der Waals surface area contributed by atoms with Crippen molar-refractivity contribution in [3.05, 3.63) is 54.1 Å². The van der Waals surface area contributed by atoms with Gasteiger partial charge in [-0.25, -0.2) is 0 Å². The van der Waals surface area contributed by atoms with Gasteiger partial charge in [0, 0.05) is 36.4 Å². The van der Waals surface area contributed by atoms with E-state index < -0.39 is 30.3 Å². The first kappa shape index (κ1) is 23.8. The fraction of sp³-hybridized carbons (Fsp3) is 0.391. The lowest BCUT2D eigenvalue weighted by Crippen LogP contribution is -2.47. The molecule has 0 saturated carbocycles. The minimum atomic E-state index is -4.84. The Hall–Kier alpha value is -3.31. The second-order valence-electron chi connectivity index (χ2n) is 8.35. The number of likely N-dealkylation sites (tertiary alicyclic amines) is 1. The number of hydrogen-bond donors (Lipinski definition) is 3. The fourth-order valence-electron chi connectivity index (χ4n) is 4.55. The maximum absolute atomic E-state index is 13.1. The summed E-state index contributed by atoms with van der Waals surface area (Å²) in [6.45, 7) is 0.783. The maximum atomic E-state index is 13.1. The third kappa shape index (κ3) is 5.26. The number of rotatable bonds is 6. The number of nitrogens with two attached hydrogens (primary N) is 1. The molecule has 8 nitrogen and oxygen atoms in total. The molecule has 182 valence electrons. The number of amides is 2. The Morgan fingerprint density at radius 1 is 1.21 bits per heavy atom. The summed E-state index contributed by atoms with van der Waals surface area (Å²) in [4.78, 5) is 29.3. The number of alkyl halides is 3. The number of benzene rings is 2. The molecule has 0 bridgehead atoms. The SMILES string of the molecule is NC(O)C1CN(CC(=O)N2CCCC2C(=O)Nc2cccc(OC(F)(F)F)c2)c2ccccc21. The predicted molar refractivity (Wildman–Crippen MR) is 118 cm³/mol. The molecule has 1 saturated heterocycles. The van der Waals surface area contributed by atoms with E-state index in [1.165, 1.54) is 17.0 Å². The number of para-hydroxylation sites is 1. The number of nitrogens with one attached hydrogen (secondary N) is 1. The van der Waals surface area contributed by atoms with Crippen LogP contribution in [0.2, 0.25) is 0 Å². The van der Waals surface area contributed by atoms with Gasteiger partial charge in [-0.05, 0) is 36.6 Å². The van der Waals surface area contributed by atoms with E-state index >= 15 is 0 Å². The highest BCUT2D eigenvalue weighted by Gasteiger charge is 2.38. The Labute approximate surface area is 194 Å². The number of aliphatic hydroxyl groups excluding tert-OH is 1. The molecule has 3 unspecified atom stereocenters. The summed E-state index contributed by atoms with van der Waals surface area (Å²) in [6.07, 6.45) is -4.84. The lowest BCUT2D eigenvalue weighted by atomic mass is 10.0. The van der Waals surface area contributed by atoms with Gasteiger partial charge in [0.25, 0.3) is 0 Å². The summed E-state index contributed by atoms with van der Waals surface area (Å²) in [5.41, 5.74) is 7.53. The summed E-state index contributed by atoms with van der Waals surface area (Å²) in [5, 5.41) is 12.5. The number of ether oxygens (including phenoxy) is 1. The van der Waals surface area contributed by atoms with E-state index in [4.69, 9.17) is 5.73 Å². The van der Waals surface area contributed by atoms with Crippen LogP contribution in [0.25, 0.3) is 0 Å². The minimum Gasteiger partial charge on any atom is -0.406 e. The van der Waals surface area contributed by atoms with Crippen LogP contribution in [0.15, 0.2) is 48.5 Å². The molecule has 2 aliphatic heterocycles. The molecule has 4 rings (SSSR count). The van der Waals surface area contributed by atoms with Gasteiger partial charge in [0.15, 0.2) is 0 Å². The van der Waals surface area contributed by atoms with Gasteiger partial charge in [0.2, 0.25) is 11.8 Å². The third-order valence-corrected chi connectivity index (χ3v) is 6.04. The van der Waals surface area contributed by atoms with Crippen LogP contribution < -0.4 is 20.7 Å². The number of halogens is 3. The van der Waals surface area contributed by atoms with Gasteiger partial charge in [-0.2, -0.15) is 0 Å². The summed E-state index contributed by atoms with van der Waals surface area (Å²) in [6, 6.07) is 11.6. The molecule has 2 amide bonds. The average molecular weight is 478 g/mol. The van der Waals surface area contributed by atoms with Crippen molar-refractivity contribution in [2.75, 3.05) is 29.9 Å². The van der Waals surface area contributed by atoms with Crippen LogP contribution >= 0.6 is 0 Å². The smallest absolute Gasteiger partial charge is 0.406 e. The number of fused-ring (bicyclic) bond motifs is 1. The normalized spacial score (nSPS) is 20.7. The standard InChI is InChI=1S/C23H25F3N4O4/c24-23(25,26)34-15-6-3-5-14(11-15)28-22(33)19-9-4-10-30(19)20(31)13-29-12-17(21(27)32)16-7-1-2-8-18(16)29/h1-3,5-8,11,17,19,21,32H,4,9-10,12-13,27H2,(H,28,33). The molecule has 4 N–H and O–H groups in total. The average Bonchev–Trinajstić information content (AvgIpc) is 3.38. The lowest BCUT2D eigenvalue weighted by molar-refractivity contribution is -0.274. The van der Waals surface area contributed by atoms with Gasteiger partial charge in [0.1, 0.15) is 18.0 Å². The van der Waals surface area contributed by atoms with Crippen molar-refractivity contribution in [3.8, 4) is 5.75 Å². The monoisotopic (exact) mass is 478 g/mol. The highest BCUT2D eigenvalue weighted by atomic mass is 19.4. The van der Waals surface area contributed by atoms with E-state index in [1.807, 2.05) is 29.2 Å². The van der Waals surface area contributed by atoms with Crippen molar-refractivity contribution in [1.82, 2.24) is 4.90 Å². The van der Waals surface area contributed by atoms with Crippen LogP contribution in [-0.4, -0.2) is 60.1 Å². The number of aliphatic hydroxyl groups is 1. The van der Waals surface area contributed by atoms with Crippen molar-refractivity contribution in [2.24, 2.45) is 5.73 Å². The highest BCUT2D eigenvalue weighted by molar-refractivity contribution is 5.98. The van der Waals surface area contributed by atoms with E-state index in [9.17, 15) is 27.9 Å². The zero-order valence-corrected chi connectivity index (χ0v) is 18.2. The van der Waals surface area contributed by atoms with Crippen LogP contribution in [0, 0.1) is 0 Å². The van der Waals surface area contributed by atoms with Crippen LogP contribution in [0.4, 0.5) is 24.5 Å². The zero-order chi connectivity index (χ0) is 24.5. The van der Waals surface area contributed by atoms with Gasteiger partial charge in [-0.15, -0.1) is 13.2 Å². The number of carbonyl (C=O) groups is 2. The lowest BCUT2D eigenvalue weighted by Gasteiger charge is -2.27. The van der Waals surface area contributed by atoms with Gasteiger partial charge in [0.05, 0.1) is 6.54 Å². The number of anilines is 2. The molecule has 0 aromatic heterocycles. The van der Waals surface area contributed by atoms with Crippen molar-refractivity contribution in [2.45, 2.75) is 37.4 Å². The molecule has 34 heavy (non-hydrogen) atoms. The van der Waals surface area contributed by atoms with Gasteiger partial charge < -0.3 is 30.7 Å². The molecule has 2 heterocycles. The van der Waals surface area contributed by atoms with Crippen molar-refractivity contribution in [3.63, 3.8) is 0 Å². The first-order valence-electron chi connectivity index (χ1n) is 10.9. The molecule has 2 aromatic carbocycles. The second kappa shape index (κ2) is 9.51. The zero-order valence-electron chi connectivity index (χ0n) is 18.2. The number of hydrogen-bond acceptors (Lipinski definition) is 6. The van der Waals surface area contributed by atoms with Crippen molar-refractivity contribution < 1.29 is 32.6 Å². The number of nitrogens with zero attached hydrogens (tertiary/aromatic N) is 2. The largest absolute Gasteiger partial charge is 0.573 e. The van der Waals surface area contributed by atoms with Crippen LogP contribution in [0.3, 0.4) is 0 Å². The molecule has 1 fully saturated rings. The Bertz CT molecular complexity index is 1060. The Balaban J connectivity index is 1.42. The van der Waals surface area contributed by atoms with E-state index in [-0.39, 0.29) is 24.1 Å². The second-order valence-corrected chi connectivity index (χ2v) is 8.35. The summed E-state index contributed by atoms with van der Waals surface area (Å²) in [7, 11) is 0. The van der Waals surface area contributed by atoms with E-state index in [0.717, 1.165) is 23.4 Å². The van der Waals surface area contributed by atoms with Gasteiger partial charge >= 0.3 is 6.36 Å². The molecule has 2 aliphatic rings. The molecule has 0 radical (unpaired) electrons. The quantitative estimate of drug-likeness (QED) is 0.551. The third-order valence-electron chi connectivity index (χ3n) is 6.04. The van der Waals surface area contributed by atoms with Crippen LogP contribution in [0.1, 0.15) is 24.3 Å². The molecule has 2 aromatic rings. The topological polar surface area (TPSA) is 108 Å². The summed E-state index contributed by atoms with van der Waals surface area (Å²) >= 11 is 0. The van der Waals surface area contributed by atoms with E-state index in [0.29, 0.717) is 25.9 Å². The first-order chi connectivity index (χ1) is 16.1. The van der Waals surface area contributed by atoms with Gasteiger partial charge in [-0.1, -0.05) is 24.3 Å². The molecule has 11 heteroatoms. The molecular formula is C23H25F3N4O4. The molecular weight excluding hydrogens is 453 g/mol. The van der Waals surface area contributed by atoms with Crippen LogP contribution in [0.5, 0.6) is 5.75 Å². The van der Waals surface area contributed by atoms with E-state index in [1.54, 1.807) is 0 Å². The Kier molecular flexibility index (Phi) is 6.67. The Morgan fingerprint density at radius 3 is 2.71 bits per heavy atom.